The summed E-state index contributed by atoms with van der Waals surface area (Å²) in [6, 6.07) is 3.83. The van der Waals surface area contributed by atoms with E-state index in [9.17, 15) is 23.4 Å². The molecule has 0 spiro atoms. The molecule has 0 radical (unpaired) electrons. The van der Waals surface area contributed by atoms with Crippen LogP contribution in [-0.4, -0.2) is 33.1 Å². The molecule has 0 heterocycles. The van der Waals surface area contributed by atoms with E-state index in [2.05, 4.69) is 4.52 Å². The highest BCUT2D eigenvalue weighted by molar-refractivity contribution is 7.61. The summed E-state index contributed by atoms with van der Waals surface area (Å²) in [5, 5.41) is 17.0. The number of hydrogen-bond donors (Lipinski definition) is 3. The Morgan fingerprint density at radius 3 is 2.25 bits per heavy atom. The van der Waals surface area contributed by atoms with E-state index >= 15 is 0 Å². The molecule has 0 aliphatic heterocycles. The van der Waals surface area contributed by atoms with Crippen LogP contribution < -0.4 is 5.30 Å². The standard InChI is InChI=1S/C11H12FO7P/c12-7-1-3-8(4-2-7)20(17,18)19-9(11(15)16)5-6-10(13)14/h1-4,9H,5-6H2,(H,13,14)(H,15,16)(H,17,18). The predicted molar refractivity (Wildman–Crippen MR) is 65.2 cm³/mol. The Morgan fingerprint density at radius 1 is 1.25 bits per heavy atom. The van der Waals surface area contributed by atoms with E-state index in [1.165, 1.54) is 0 Å². The van der Waals surface area contributed by atoms with Crippen LogP contribution in [-0.2, 0) is 18.7 Å². The average molecular weight is 306 g/mol. The monoisotopic (exact) mass is 306 g/mol. The number of carboxylic acid groups (broad SMARTS) is 2. The largest absolute Gasteiger partial charge is 0.481 e. The van der Waals surface area contributed by atoms with E-state index in [1.54, 1.807) is 0 Å². The fourth-order valence-electron chi connectivity index (χ4n) is 1.34. The second-order valence-electron chi connectivity index (χ2n) is 3.86. The summed E-state index contributed by atoms with van der Waals surface area (Å²) in [5.41, 5.74) is 0. The average Bonchev–Trinajstić information content (AvgIpc) is 2.34. The van der Waals surface area contributed by atoms with Crippen molar-refractivity contribution < 1.29 is 38.2 Å². The smallest absolute Gasteiger partial charge is 0.359 e. The van der Waals surface area contributed by atoms with Crippen molar-refractivity contribution in [2.75, 3.05) is 0 Å². The molecule has 7 nitrogen and oxygen atoms in total. The van der Waals surface area contributed by atoms with Gasteiger partial charge in [-0.2, -0.15) is 0 Å². The molecule has 110 valence electrons. The van der Waals surface area contributed by atoms with Crippen molar-refractivity contribution in [2.24, 2.45) is 0 Å². The lowest BCUT2D eigenvalue weighted by Crippen LogP contribution is -2.25. The van der Waals surface area contributed by atoms with E-state index in [1.807, 2.05) is 0 Å². The molecule has 0 aliphatic rings. The van der Waals surface area contributed by atoms with Gasteiger partial charge in [0, 0.05) is 6.42 Å². The fraction of sp³-hybridized carbons (Fsp3) is 0.273. The van der Waals surface area contributed by atoms with E-state index in [0.717, 1.165) is 24.3 Å². The minimum Gasteiger partial charge on any atom is -0.481 e. The number of aliphatic carboxylic acids is 2. The number of benzene rings is 1. The molecule has 0 fully saturated rings. The lowest BCUT2D eigenvalue weighted by Gasteiger charge is -2.17. The van der Waals surface area contributed by atoms with Gasteiger partial charge in [0.15, 0.2) is 6.10 Å². The van der Waals surface area contributed by atoms with Crippen molar-refractivity contribution in [3.05, 3.63) is 30.1 Å². The van der Waals surface area contributed by atoms with Crippen LogP contribution in [0.3, 0.4) is 0 Å². The first-order valence-corrected chi connectivity index (χ1v) is 7.02. The number of rotatable bonds is 7. The van der Waals surface area contributed by atoms with Gasteiger partial charge in [-0.15, -0.1) is 0 Å². The van der Waals surface area contributed by atoms with Gasteiger partial charge in [0.25, 0.3) is 0 Å². The second-order valence-corrected chi connectivity index (χ2v) is 5.63. The first-order valence-electron chi connectivity index (χ1n) is 5.44. The van der Waals surface area contributed by atoms with Gasteiger partial charge in [0.1, 0.15) is 5.82 Å². The third-order valence-electron chi connectivity index (χ3n) is 2.32. The zero-order valence-corrected chi connectivity index (χ0v) is 11.0. The molecule has 0 amide bonds. The molecule has 2 atom stereocenters. The molecule has 0 aromatic heterocycles. The second kappa shape index (κ2) is 6.60. The first kappa shape index (κ1) is 16.3. The molecule has 0 saturated heterocycles. The van der Waals surface area contributed by atoms with Gasteiger partial charge in [0.2, 0.25) is 0 Å². The summed E-state index contributed by atoms with van der Waals surface area (Å²) in [6.07, 6.45) is -2.73. The van der Waals surface area contributed by atoms with E-state index in [-0.39, 0.29) is 5.30 Å². The van der Waals surface area contributed by atoms with Crippen LogP contribution in [0, 0.1) is 5.82 Å². The van der Waals surface area contributed by atoms with Crippen molar-refractivity contribution in [2.45, 2.75) is 18.9 Å². The lowest BCUT2D eigenvalue weighted by molar-refractivity contribution is -0.146. The Labute approximate surface area is 113 Å². The van der Waals surface area contributed by atoms with Gasteiger partial charge in [-0.25, -0.2) is 9.18 Å². The molecule has 3 N–H and O–H groups in total. The molecular formula is C11H12FO7P. The van der Waals surface area contributed by atoms with Crippen molar-refractivity contribution in [3.8, 4) is 0 Å². The van der Waals surface area contributed by atoms with Gasteiger partial charge < -0.3 is 15.1 Å². The topological polar surface area (TPSA) is 121 Å². The van der Waals surface area contributed by atoms with Crippen LogP contribution in [0.15, 0.2) is 24.3 Å². The van der Waals surface area contributed by atoms with Gasteiger partial charge in [-0.05, 0) is 30.7 Å². The van der Waals surface area contributed by atoms with Crippen LogP contribution in [0.1, 0.15) is 12.8 Å². The molecule has 20 heavy (non-hydrogen) atoms. The van der Waals surface area contributed by atoms with Crippen molar-refractivity contribution in [1.82, 2.24) is 0 Å². The number of hydrogen-bond acceptors (Lipinski definition) is 4. The molecule has 1 aromatic rings. The zero-order valence-electron chi connectivity index (χ0n) is 10.1. The van der Waals surface area contributed by atoms with Crippen LogP contribution in [0.4, 0.5) is 4.39 Å². The molecule has 0 saturated carbocycles. The van der Waals surface area contributed by atoms with E-state index < -0.39 is 44.3 Å². The summed E-state index contributed by atoms with van der Waals surface area (Å²) in [5.74, 6) is -3.44. The summed E-state index contributed by atoms with van der Waals surface area (Å²) in [4.78, 5) is 30.9. The highest BCUT2D eigenvalue weighted by atomic mass is 31.2. The summed E-state index contributed by atoms with van der Waals surface area (Å²) in [6.45, 7) is 0. The third kappa shape index (κ3) is 4.73. The third-order valence-corrected chi connectivity index (χ3v) is 3.81. The molecular weight excluding hydrogens is 294 g/mol. The number of carbonyl (C=O) groups is 2. The Bertz CT molecular complexity index is 542. The van der Waals surface area contributed by atoms with Crippen LogP contribution in [0.25, 0.3) is 0 Å². The summed E-state index contributed by atoms with van der Waals surface area (Å²) in [7, 11) is -4.48. The SMILES string of the molecule is O=C(O)CCC(OP(=O)(O)c1ccc(F)cc1)C(=O)O. The van der Waals surface area contributed by atoms with Crippen LogP contribution in [0.5, 0.6) is 0 Å². The van der Waals surface area contributed by atoms with Crippen LogP contribution >= 0.6 is 7.60 Å². The summed E-state index contributed by atoms with van der Waals surface area (Å²) >= 11 is 0. The van der Waals surface area contributed by atoms with Gasteiger partial charge in [-0.1, -0.05) is 0 Å². The minimum absolute atomic E-state index is 0.277. The van der Waals surface area contributed by atoms with E-state index in [4.69, 9.17) is 10.2 Å². The Morgan fingerprint density at radius 2 is 1.80 bits per heavy atom. The molecule has 0 bridgehead atoms. The quantitative estimate of drug-likeness (QED) is 0.642. The van der Waals surface area contributed by atoms with Crippen molar-refractivity contribution in [3.63, 3.8) is 0 Å². The molecule has 9 heteroatoms. The molecule has 0 aliphatic carbocycles. The molecule has 2 unspecified atom stereocenters. The maximum atomic E-state index is 12.7. The maximum absolute atomic E-state index is 12.7. The van der Waals surface area contributed by atoms with Crippen LogP contribution in [0.2, 0.25) is 0 Å². The van der Waals surface area contributed by atoms with Crippen molar-refractivity contribution >= 4 is 24.8 Å². The number of carboxylic acids is 2. The normalized spacial score (nSPS) is 15.3. The lowest BCUT2D eigenvalue weighted by atomic mass is 10.2. The minimum atomic E-state index is -4.48. The number of halogens is 1. The Balaban J connectivity index is 2.85. The van der Waals surface area contributed by atoms with Gasteiger partial charge in [0.05, 0.1) is 5.30 Å². The van der Waals surface area contributed by atoms with Gasteiger partial charge in [-0.3, -0.25) is 13.9 Å². The zero-order chi connectivity index (χ0) is 15.3. The Kier molecular flexibility index (Phi) is 5.38. The Hall–Kier alpha value is -1.76. The predicted octanol–water partition coefficient (Wildman–Crippen LogP) is 0.971. The van der Waals surface area contributed by atoms with Crippen molar-refractivity contribution in [1.29, 1.82) is 0 Å². The highest BCUT2D eigenvalue weighted by Gasteiger charge is 2.31. The maximum Gasteiger partial charge on any atom is 0.359 e. The fourth-order valence-corrected chi connectivity index (χ4v) is 2.53. The van der Waals surface area contributed by atoms with Gasteiger partial charge >= 0.3 is 19.5 Å². The first-order chi connectivity index (χ1) is 9.22. The van der Waals surface area contributed by atoms with E-state index in [0.29, 0.717) is 0 Å². The summed E-state index contributed by atoms with van der Waals surface area (Å²) < 4.78 is 29.2. The highest BCUT2D eigenvalue weighted by Crippen LogP contribution is 2.42. The molecule has 1 rings (SSSR count). The molecule has 1 aromatic carbocycles.